The van der Waals surface area contributed by atoms with E-state index in [-0.39, 0.29) is 5.38 Å². The van der Waals surface area contributed by atoms with E-state index in [0.29, 0.717) is 5.92 Å². The van der Waals surface area contributed by atoms with E-state index in [1.165, 1.54) is 0 Å². The molecular formula is C14H21ClN2O. The monoisotopic (exact) mass is 268 g/mol. The lowest BCUT2D eigenvalue weighted by Crippen LogP contribution is -2.40. The summed E-state index contributed by atoms with van der Waals surface area (Å²) in [6.45, 7) is 6.95. The Morgan fingerprint density at radius 2 is 2.39 bits per heavy atom. The molecule has 0 spiro atoms. The number of pyridine rings is 1. The molecule has 1 saturated heterocycles. The van der Waals surface area contributed by atoms with Gasteiger partial charge in [-0.15, -0.1) is 11.6 Å². The third kappa shape index (κ3) is 3.08. The van der Waals surface area contributed by atoms with Crippen LogP contribution in [-0.2, 0) is 0 Å². The number of halogens is 1. The van der Waals surface area contributed by atoms with Crippen molar-refractivity contribution in [2.45, 2.75) is 32.1 Å². The van der Waals surface area contributed by atoms with Gasteiger partial charge in [-0.05, 0) is 30.9 Å². The van der Waals surface area contributed by atoms with Gasteiger partial charge in [-0.1, -0.05) is 13.8 Å². The van der Waals surface area contributed by atoms with Gasteiger partial charge in [0.15, 0.2) is 11.6 Å². The van der Waals surface area contributed by atoms with Gasteiger partial charge in [0.2, 0.25) is 0 Å². The van der Waals surface area contributed by atoms with E-state index in [1.54, 1.807) is 0 Å². The smallest absolute Gasteiger partial charge is 0.171 e. The van der Waals surface area contributed by atoms with Crippen molar-refractivity contribution in [3.8, 4) is 5.75 Å². The van der Waals surface area contributed by atoms with Crippen molar-refractivity contribution in [3.05, 3.63) is 18.3 Å². The Labute approximate surface area is 114 Å². The minimum absolute atomic E-state index is 0.282. The van der Waals surface area contributed by atoms with E-state index in [0.717, 1.165) is 44.1 Å². The summed E-state index contributed by atoms with van der Waals surface area (Å²) in [5.41, 5.74) is 0. The molecule has 2 unspecified atom stereocenters. The van der Waals surface area contributed by atoms with Crippen molar-refractivity contribution < 1.29 is 4.74 Å². The maximum absolute atomic E-state index is 6.26. The molecule has 1 aromatic heterocycles. The van der Waals surface area contributed by atoms with Crippen LogP contribution in [0.1, 0.15) is 26.7 Å². The van der Waals surface area contributed by atoms with Gasteiger partial charge in [0.25, 0.3) is 0 Å². The van der Waals surface area contributed by atoms with Crippen LogP contribution in [0.2, 0.25) is 0 Å². The first-order valence-electron chi connectivity index (χ1n) is 6.69. The standard InChI is InChI=1S/C14H21ClN2O/c1-3-9-18-13-5-4-7-16-14(13)17-8-6-12(15)11(2)10-17/h4-5,7,11-12H,3,6,8-10H2,1-2H3. The van der Waals surface area contributed by atoms with Crippen LogP contribution in [0.3, 0.4) is 0 Å². The zero-order valence-corrected chi connectivity index (χ0v) is 11.9. The molecule has 2 atom stereocenters. The van der Waals surface area contributed by atoms with E-state index in [9.17, 15) is 0 Å². The Hall–Kier alpha value is -0.960. The second kappa shape index (κ2) is 6.28. The molecule has 1 aromatic rings. The minimum atomic E-state index is 0.282. The van der Waals surface area contributed by atoms with Crippen molar-refractivity contribution >= 4 is 17.4 Å². The molecule has 4 heteroatoms. The zero-order valence-electron chi connectivity index (χ0n) is 11.1. The van der Waals surface area contributed by atoms with E-state index in [4.69, 9.17) is 16.3 Å². The summed E-state index contributed by atoms with van der Waals surface area (Å²) in [6.07, 6.45) is 3.84. The van der Waals surface area contributed by atoms with Crippen molar-refractivity contribution in [1.82, 2.24) is 4.98 Å². The summed E-state index contributed by atoms with van der Waals surface area (Å²) in [5, 5.41) is 0.282. The Bertz CT molecular complexity index is 386. The molecule has 2 rings (SSSR count). The van der Waals surface area contributed by atoms with Crippen LogP contribution in [0.4, 0.5) is 5.82 Å². The van der Waals surface area contributed by atoms with Crippen LogP contribution in [-0.4, -0.2) is 30.1 Å². The number of alkyl halides is 1. The predicted octanol–water partition coefficient (Wildman–Crippen LogP) is 3.32. The Kier molecular flexibility index (Phi) is 4.70. The lowest BCUT2D eigenvalue weighted by molar-refractivity contribution is 0.315. The SMILES string of the molecule is CCCOc1cccnc1N1CCC(Cl)C(C)C1. The average molecular weight is 269 g/mol. The van der Waals surface area contributed by atoms with Gasteiger partial charge >= 0.3 is 0 Å². The van der Waals surface area contributed by atoms with Crippen molar-refractivity contribution in [1.29, 1.82) is 0 Å². The lowest BCUT2D eigenvalue weighted by Gasteiger charge is -2.35. The maximum Gasteiger partial charge on any atom is 0.171 e. The van der Waals surface area contributed by atoms with Crippen LogP contribution in [0.5, 0.6) is 5.75 Å². The molecule has 0 aliphatic carbocycles. The van der Waals surface area contributed by atoms with Crippen LogP contribution >= 0.6 is 11.6 Å². The maximum atomic E-state index is 6.26. The first-order chi connectivity index (χ1) is 8.72. The molecule has 0 N–H and O–H groups in total. The molecule has 3 nitrogen and oxygen atoms in total. The van der Waals surface area contributed by atoms with Crippen LogP contribution in [0, 0.1) is 5.92 Å². The second-order valence-electron chi connectivity index (χ2n) is 4.90. The number of ether oxygens (including phenoxy) is 1. The van der Waals surface area contributed by atoms with E-state index >= 15 is 0 Å². The van der Waals surface area contributed by atoms with E-state index in [2.05, 4.69) is 23.7 Å². The summed E-state index contributed by atoms with van der Waals surface area (Å²) >= 11 is 6.26. The summed E-state index contributed by atoms with van der Waals surface area (Å²) in [6, 6.07) is 3.92. The summed E-state index contributed by atoms with van der Waals surface area (Å²) in [7, 11) is 0. The molecule has 0 bridgehead atoms. The van der Waals surface area contributed by atoms with Crippen LogP contribution in [0.15, 0.2) is 18.3 Å². The third-order valence-corrected chi connectivity index (χ3v) is 3.96. The molecule has 18 heavy (non-hydrogen) atoms. The van der Waals surface area contributed by atoms with Crippen molar-refractivity contribution in [3.63, 3.8) is 0 Å². The quantitative estimate of drug-likeness (QED) is 0.784. The largest absolute Gasteiger partial charge is 0.490 e. The highest BCUT2D eigenvalue weighted by molar-refractivity contribution is 6.20. The Morgan fingerprint density at radius 3 is 3.11 bits per heavy atom. The molecule has 1 fully saturated rings. The minimum Gasteiger partial charge on any atom is -0.490 e. The molecule has 2 heterocycles. The average Bonchev–Trinajstić information content (AvgIpc) is 2.40. The van der Waals surface area contributed by atoms with Crippen molar-refractivity contribution in [2.75, 3.05) is 24.6 Å². The lowest BCUT2D eigenvalue weighted by atomic mass is 9.99. The number of piperidine rings is 1. The van der Waals surface area contributed by atoms with E-state index in [1.807, 2.05) is 18.3 Å². The third-order valence-electron chi connectivity index (χ3n) is 3.31. The zero-order chi connectivity index (χ0) is 13.0. The molecular weight excluding hydrogens is 248 g/mol. The normalized spacial score (nSPS) is 24.1. The van der Waals surface area contributed by atoms with Crippen molar-refractivity contribution in [2.24, 2.45) is 5.92 Å². The van der Waals surface area contributed by atoms with Crippen LogP contribution < -0.4 is 9.64 Å². The number of hydrogen-bond acceptors (Lipinski definition) is 3. The topological polar surface area (TPSA) is 25.4 Å². The molecule has 0 radical (unpaired) electrons. The Balaban J connectivity index is 2.12. The first kappa shape index (κ1) is 13.5. The first-order valence-corrected chi connectivity index (χ1v) is 7.12. The fourth-order valence-corrected chi connectivity index (χ4v) is 2.43. The molecule has 100 valence electrons. The van der Waals surface area contributed by atoms with Crippen LogP contribution in [0.25, 0.3) is 0 Å². The van der Waals surface area contributed by atoms with Gasteiger partial charge in [0.1, 0.15) is 0 Å². The summed E-state index contributed by atoms with van der Waals surface area (Å²) in [4.78, 5) is 6.76. The van der Waals surface area contributed by atoms with Gasteiger partial charge in [-0.25, -0.2) is 4.98 Å². The predicted molar refractivity (Wildman–Crippen MR) is 75.7 cm³/mol. The molecule has 0 saturated carbocycles. The molecule has 0 aromatic carbocycles. The summed E-state index contributed by atoms with van der Waals surface area (Å²) < 4.78 is 5.76. The fourth-order valence-electron chi connectivity index (χ4n) is 2.25. The van der Waals surface area contributed by atoms with Gasteiger partial charge in [-0.2, -0.15) is 0 Å². The highest BCUT2D eigenvalue weighted by Gasteiger charge is 2.26. The van der Waals surface area contributed by atoms with E-state index < -0.39 is 0 Å². The number of hydrogen-bond donors (Lipinski definition) is 0. The van der Waals surface area contributed by atoms with Gasteiger partial charge in [0.05, 0.1) is 6.61 Å². The number of rotatable bonds is 4. The number of anilines is 1. The molecule has 1 aliphatic heterocycles. The highest BCUT2D eigenvalue weighted by Crippen LogP contribution is 2.31. The van der Waals surface area contributed by atoms with Gasteiger partial charge in [0, 0.05) is 24.7 Å². The second-order valence-corrected chi connectivity index (χ2v) is 5.46. The number of aromatic nitrogens is 1. The molecule has 1 aliphatic rings. The van der Waals surface area contributed by atoms with Gasteiger partial charge < -0.3 is 9.64 Å². The summed E-state index contributed by atoms with van der Waals surface area (Å²) in [5.74, 6) is 2.34. The number of nitrogens with zero attached hydrogens (tertiary/aromatic N) is 2. The Morgan fingerprint density at radius 1 is 1.56 bits per heavy atom. The highest BCUT2D eigenvalue weighted by atomic mass is 35.5. The fraction of sp³-hybridized carbons (Fsp3) is 0.643. The molecule has 0 amide bonds. The van der Waals surface area contributed by atoms with Gasteiger partial charge in [-0.3, -0.25) is 0 Å².